The minimum Gasteiger partial charge on any atom is -0.312 e. The van der Waals surface area contributed by atoms with Gasteiger partial charge in [0, 0.05) is 39.1 Å². The summed E-state index contributed by atoms with van der Waals surface area (Å²) in [5, 5.41) is 5.75. The Balaban J connectivity index is 1.41. The van der Waals surface area contributed by atoms with Crippen molar-refractivity contribution < 1.29 is 9.59 Å². The molecule has 2 aliphatic heterocycles. The maximum Gasteiger partial charge on any atom is 0.230 e. The van der Waals surface area contributed by atoms with E-state index in [1.165, 1.54) is 30.6 Å². The number of piperidine rings is 1. The highest BCUT2D eigenvalue weighted by Crippen LogP contribution is 2.12. The normalized spacial score (nSPS) is 22.9. The van der Waals surface area contributed by atoms with Gasteiger partial charge in [0.1, 0.15) is 0 Å². The van der Waals surface area contributed by atoms with Crippen LogP contribution in [0.1, 0.15) is 30.4 Å². The topological polar surface area (TPSA) is 64.7 Å². The van der Waals surface area contributed by atoms with Crippen LogP contribution in [0.15, 0.2) is 24.3 Å². The fraction of sp³-hybridized carbons (Fsp3) is 0.600. The predicted molar refractivity (Wildman–Crippen MR) is 101 cm³/mol. The Kier molecular flexibility index (Phi) is 6.77. The van der Waals surface area contributed by atoms with Gasteiger partial charge in [0.15, 0.2) is 0 Å². The number of carbonyl (C=O) groups excluding carboxylic acids is 2. The molecule has 3 rings (SSSR count). The number of amides is 2. The maximum absolute atomic E-state index is 11.7. The molecule has 2 amide bonds. The van der Waals surface area contributed by atoms with Crippen LogP contribution in [-0.4, -0.2) is 61.4 Å². The van der Waals surface area contributed by atoms with Gasteiger partial charge >= 0.3 is 0 Å². The lowest BCUT2D eigenvalue weighted by Crippen LogP contribution is -2.44. The molecule has 0 aromatic heterocycles. The number of nitrogens with one attached hydrogen (secondary N) is 2. The molecular formula is C20H30N4O2. The van der Waals surface area contributed by atoms with Crippen molar-refractivity contribution in [3.8, 4) is 0 Å². The molecule has 1 aromatic rings. The number of benzene rings is 1. The molecule has 2 heterocycles. The smallest absolute Gasteiger partial charge is 0.230 e. The minimum atomic E-state index is -0.155. The molecule has 1 aromatic carbocycles. The molecule has 2 saturated heterocycles. The van der Waals surface area contributed by atoms with Crippen molar-refractivity contribution in [1.82, 2.24) is 20.4 Å². The zero-order valence-corrected chi connectivity index (χ0v) is 15.7. The number of rotatable bonds is 6. The van der Waals surface area contributed by atoms with Crippen LogP contribution in [-0.2, 0) is 22.7 Å². The van der Waals surface area contributed by atoms with Gasteiger partial charge in [-0.15, -0.1) is 0 Å². The monoisotopic (exact) mass is 358 g/mol. The Bertz CT molecular complexity index is 617. The van der Waals surface area contributed by atoms with E-state index in [-0.39, 0.29) is 17.7 Å². The summed E-state index contributed by atoms with van der Waals surface area (Å²) in [4.78, 5) is 27.8. The number of carbonyl (C=O) groups is 2. The van der Waals surface area contributed by atoms with Gasteiger partial charge in [-0.3, -0.25) is 19.8 Å². The van der Waals surface area contributed by atoms with E-state index >= 15 is 0 Å². The molecule has 2 aliphatic rings. The van der Waals surface area contributed by atoms with Crippen molar-refractivity contribution in [1.29, 1.82) is 0 Å². The number of imide groups is 1. The zero-order chi connectivity index (χ0) is 18.4. The third-order valence-corrected chi connectivity index (χ3v) is 5.31. The lowest BCUT2D eigenvalue weighted by Gasteiger charge is -2.21. The number of nitrogens with zero attached hydrogens (tertiary/aromatic N) is 2. The van der Waals surface area contributed by atoms with Crippen molar-refractivity contribution >= 4 is 11.8 Å². The second-order valence-electron chi connectivity index (χ2n) is 7.53. The van der Waals surface area contributed by atoms with Crippen LogP contribution in [0.25, 0.3) is 0 Å². The van der Waals surface area contributed by atoms with Crippen LogP contribution >= 0.6 is 0 Å². The summed E-state index contributed by atoms with van der Waals surface area (Å²) in [7, 11) is 2.19. The SMILES string of the molecule is CN1CCCN(Cc2ccc(CNCC3CCC(=O)NC3=O)cc2)CC1. The highest BCUT2D eigenvalue weighted by Gasteiger charge is 2.25. The van der Waals surface area contributed by atoms with Crippen molar-refractivity contribution in [2.75, 3.05) is 39.8 Å². The van der Waals surface area contributed by atoms with Gasteiger partial charge in [0.05, 0.1) is 5.92 Å². The molecule has 6 heteroatoms. The average Bonchev–Trinajstić information content (AvgIpc) is 2.83. The van der Waals surface area contributed by atoms with Crippen LogP contribution in [0.3, 0.4) is 0 Å². The standard InChI is InChI=1S/C20H30N4O2/c1-23-9-2-10-24(12-11-23)15-17-5-3-16(4-6-17)13-21-14-18-7-8-19(25)22-20(18)26/h3-6,18,21H,2,7-15H2,1H3,(H,22,25,26). The molecule has 0 aliphatic carbocycles. The van der Waals surface area contributed by atoms with Crippen LogP contribution in [0.5, 0.6) is 0 Å². The Morgan fingerprint density at radius 2 is 1.85 bits per heavy atom. The summed E-state index contributed by atoms with van der Waals surface area (Å²) in [5.74, 6) is -0.404. The first-order valence-corrected chi connectivity index (χ1v) is 9.63. The Hall–Kier alpha value is -1.76. The molecule has 0 bridgehead atoms. The van der Waals surface area contributed by atoms with Crippen LogP contribution < -0.4 is 10.6 Å². The first-order chi connectivity index (χ1) is 12.6. The molecule has 1 atom stereocenters. The summed E-state index contributed by atoms with van der Waals surface area (Å²) < 4.78 is 0. The predicted octanol–water partition coefficient (Wildman–Crippen LogP) is 0.967. The van der Waals surface area contributed by atoms with Crippen molar-refractivity contribution in [3.63, 3.8) is 0 Å². The quantitative estimate of drug-likeness (QED) is 0.742. The largest absolute Gasteiger partial charge is 0.312 e. The summed E-state index contributed by atoms with van der Waals surface area (Å²) >= 11 is 0. The van der Waals surface area contributed by atoms with E-state index < -0.39 is 0 Å². The van der Waals surface area contributed by atoms with Gasteiger partial charge in [-0.2, -0.15) is 0 Å². The molecule has 1 unspecified atom stereocenters. The van der Waals surface area contributed by atoms with Gasteiger partial charge in [-0.25, -0.2) is 0 Å². The lowest BCUT2D eigenvalue weighted by molar-refractivity contribution is -0.136. The lowest BCUT2D eigenvalue weighted by atomic mass is 9.98. The average molecular weight is 358 g/mol. The Morgan fingerprint density at radius 3 is 2.62 bits per heavy atom. The van der Waals surface area contributed by atoms with Crippen molar-refractivity contribution in [3.05, 3.63) is 35.4 Å². The minimum absolute atomic E-state index is 0.104. The molecule has 6 nitrogen and oxygen atoms in total. The molecule has 2 N–H and O–H groups in total. The van der Waals surface area contributed by atoms with Gasteiger partial charge in [0.2, 0.25) is 11.8 Å². The first kappa shape index (κ1) is 19.0. The highest BCUT2D eigenvalue weighted by molar-refractivity contribution is 5.98. The van der Waals surface area contributed by atoms with Crippen molar-refractivity contribution in [2.24, 2.45) is 5.92 Å². The van der Waals surface area contributed by atoms with Gasteiger partial charge in [-0.1, -0.05) is 24.3 Å². The van der Waals surface area contributed by atoms with Crippen LogP contribution in [0.2, 0.25) is 0 Å². The van der Waals surface area contributed by atoms with E-state index in [1.54, 1.807) is 0 Å². The van der Waals surface area contributed by atoms with E-state index in [1.807, 2.05) is 0 Å². The fourth-order valence-electron chi connectivity index (χ4n) is 3.60. The van der Waals surface area contributed by atoms with Gasteiger partial charge in [0.25, 0.3) is 0 Å². The molecule has 0 spiro atoms. The maximum atomic E-state index is 11.7. The zero-order valence-electron chi connectivity index (χ0n) is 15.7. The van der Waals surface area contributed by atoms with Crippen LogP contribution in [0, 0.1) is 5.92 Å². The number of hydrogen-bond acceptors (Lipinski definition) is 5. The molecular weight excluding hydrogens is 328 g/mol. The van der Waals surface area contributed by atoms with Gasteiger partial charge in [-0.05, 0) is 44.1 Å². The first-order valence-electron chi connectivity index (χ1n) is 9.63. The second-order valence-corrected chi connectivity index (χ2v) is 7.53. The number of hydrogen-bond donors (Lipinski definition) is 2. The molecule has 26 heavy (non-hydrogen) atoms. The summed E-state index contributed by atoms with van der Waals surface area (Å²) in [6.07, 6.45) is 2.32. The summed E-state index contributed by atoms with van der Waals surface area (Å²) in [6, 6.07) is 8.74. The van der Waals surface area contributed by atoms with E-state index in [4.69, 9.17) is 0 Å². The van der Waals surface area contributed by atoms with Crippen molar-refractivity contribution in [2.45, 2.75) is 32.4 Å². The second kappa shape index (κ2) is 9.26. The molecule has 142 valence electrons. The van der Waals surface area contributed by atoms with E-state index in [9.17, 15) is 9.59 Å². The van der Waals surface area contributed by atoms with Gasteiger partial charge < -0.3 is 10.2 Å². The molecule has 0 radical (unpaired) electrons. The summed E-state index contributed by atoms with van der Waals surface area (Å²) in [5.41, 5.74) is 2.57. The molecule has 0 saturated carbocycles. The van der Waals surface area contributed by atoms with Crippen LogP contribution in [0.4, 0.5) is 0 Å². The summed E-state index contributed by atoms with van der Waals surface area (Å²) in [6.45, 7) is 6.99. The van der Waals surface area contributed by atoms with E-state index in [2.05, 4.69) is 51.7 Å². The highest BCUT2D eigenvalue weighted by atomic mass is 16.2. The Labute approximate surface area is 155 Å². The Morgan fingerprint density at radius 1 is 1.08 bits per heavy atom. The third-order valence-electron chi connectivity index (χ3n) is 5.31. The molecule has 2 fully saturated rings. The van der Waals surface area contributed by atoms with E-state index in [0.29, 0.717) is 19.4 Å². The number of likely N-dealkylation sites (N-methyl/N-ethyl adjacent to an activating group) is 1. The third kappa shape index (κ3) is 5.62. The fourth-order valence-corrected chi connectivity index (χ4v) is 3.60. The van der Waals surface area contributed by atoms with E-state index in [0.717, 1.165) is 26.2 Å².